The van der Waals surface area contributed by atoms with E-state index in [2.05, 4.69) is 33.2 Å². The SMILES string of the molecule is CNC(Cc1nc(C)c(C)s1)c1ccc(F)c(Br)c1. The molecule has 0 bridgehead atoms. The molecular weight excluding hydrogens is 327 g/mol. The van der Waals surface area contributed by atoms with E-state index in [0.717, 1.165) is 22.7 Å². The lowest BCUT2D eigenvalue weighted by molar-refractivity contribution is 0.582. The maximum Gasteiger partial charge on any atom is 0.137 e. The number of hydrogen-bond donors (Lipinski definition) is 1. The quantitative estimate of drug-likeness (QED) is 0.902. The van der Waals surface area contributed by atoms with E-state index in [-0.39, 0.29) is 11.9 Å². The van der Waals surface area contributed by atoms with Crippen molar-refractivity contribution in [2.75, 3.05) is 7.05 Å². The van der Waals surface area contributed by atoms with Gasteiger partial charge in [0.05, 0.1) is 15.2 Å². The molecule has 1 heterocycles. The van der Waals surface area contributed by atoms with Crippen LogP contribution in [-0.4, -0.2) is 12.0 Å². The zero-order chi connectivity index (χ0) is 14.0. The Balaban J connectivity index is 2.22. The van der Waals surface area contributed by atoms with Gasteiger partial charge in [-0.3, -0.25) is 0 Å². The molecule has 2 rings (SSSR count). The molecule has 102 valence electrons. The summed E-state index contributed by atoms with van der Waals surface area (Å²) >= 11 is 4.95. The zero-order valence-corrected chi connectivity index (χ0v) is 13.5. The predicted molar refractivity (Wildman–Crippen MR) is 81.2 cm³/mol. The van der Waals surface area contributed by atoms with Crippen molar-refractivity contribution in [3.63, 3.8) is 0 Å². The highest BCUT2D eigenvalue weighted by Gasteiger charge is 2.14. The summed E-state index contributed by atoms with van der Waals surface area (Å²) in [5, 5.41) is 4.37. The summed E-state index contributed by atoms with van der Waals surface area (Å²) < 4.78 is 13.8. The first-order valence-corrected chi connectivity index (χ1v) is 7.67. The maximum atomic E-state index is 13.3. The van der Waals surface area contributed by atoms with E-state index in [1.165, 1.54) is 10.9 Å². The number of aromatic nitrogens is 1. The van der Waals surface area contributed by atoms with Gasteiger partial charge in [0.1, 0.15) is 5.82 Å². The number of nitrogens with one attached hydrogen (secondary N) is 1. The van der Waals surface area contributed by atoms with Gasteiger partial charge in [-0.1, -0.05) is 6.07 Å². The first kappa shape index (κ1) is 14.6. The number of hydrogen-bond acceptors (Lipinski definition) is 3. The van der Waals surface area contributed by atoms with E-state index in [4.69, 9.17) is 0 Å². The lowest BCUT2D eigenvalue weighted by Gasteiger charge is -2.15. The van der Waals surface area contributed by atoms with Gasteiger partial charge in [0, 0.05) is 17.3 Å². The summed E-state index contributed by atoms with van der Waals surface area (Å²) in [6.45, 7) is 4.11. The van der Waals surface area contributed by atoms with Gasteiger partial charge in [-0.2, -0.15) is 0 Å². The summed E-state index contributed by atoms with van der Waals surface area (Å²) in [7, 11) is 1.91. The highest BCUT2D eigenvalue weighted by molar-refractivity contribution is 9.10. The first-order chi connectivity index (χ1) is 9.01. The molecule has 0 fully saturated rings. The highest BCUT2D eigenvalue weighted by Crippen LogP contribution is 2.26. The van der Waals surface area contributed by atoms with Crippen LogP contribution in [0.4, 0.5) is 4.39 Å². The third-order valence-corrected chi connectivity index (χ3v) is 4.85. The van der Waals surface area contributed by atoms with E-state index in [9.17, 15) is 4.39 Å². The van der Waals surface area contributed by atoms with Gasteiger partial charge in [0.2, 0.25) is 0 Å². The lowest BCUT2D eigenvalue weighted by Crippen LogP contribution is -2.18. The van der Waals surface area contributed by atoms with Crippen LogP contribution in [0.2, 0.25) is 0 Å². The summed E-state index contributed by atoms with van der Waals surface area (Å²) in [5.41, 5.74) is 2.15. The number of likely N-dealkylation sites (N-methyl/N-ethyl adjacent to an activating group) is 1. The third-order valence-electron chi connectivity index (χ3n) is 3.15. The van der Waals surface area contributed by atoms with Crippen LogP contribution in [0, 0.1) is 19.7 Å². The fourth-order valence-electron chi connectivity index (χ4n) is 1.92. The van der Waals surface area contributed by atoms with Gasteiger partial charge in [0.25, 0.3) is 0 Å². The number of rotatable bonds is 4. The summed E-state index contributed by atoms with van der Waals surface area (Å²) in [4.78, 5) is 5.81. The monoisotopic (exact) mass is 342 g/mol. The van der Waals surface area contributed by atoms with Crippen LogP contribution < -0.4 is 5.32 Å². The molecule has 0 aliphatic heterocycles. The number of thiazole rings is 1. The van der Waals surface area contributed by atoms with Crippen LogP contribution in [0.25, 0.3) is 0 Å². The molecule has 5 heteroatoms. The van der Waals surface area contributed by atoms with Gasteiger partial charge in [-0.25, -0.2) is 9.37 Å². The predicted octanol–water partition coefficient (Wildman–Crippen LogP) is 4.16. The molecule has 1 unspecified atom stereocenters. The normalized spacial score (nSPS) is 12.7. The molecular formula is C14H16BrFN2S. The molecule has 0 aliphatic carbocycles. The second kappa shape index (κ2) is 6.11. The standard InChI is InChI=1S/C14H16BrFN2S/c1-8-9(2)19-14(18-8)7-13(17-3)10-4-5-12(16)11(15)6-10/h4-6,13,17H,7H2,1-3H3. The molecule has 0 amide bonds. The summed E-state index contributed by atoms with van der Waals surface area (Å²) in [5.74, 6) is -0.237. The number of benzene rings is 1. The van der Waals surface area contributed by atoms with E-state index in [1.54, 1.807) is 11.3 Å². The van der Waals surface area contributed by atoms with Crippen molar-refractivity contribution in [2.24, 2.45) is 0 Å². The van der Waals surface area contributed by atoms with Crippen molar-refractivity contribution >= 4 is 27.3 Å². The molecule has 0 spiro atoms. The van der Waals surface area contributed by atoms with Crippen molar-refractivity contribution < 1.29 is 4.39 Å². The smallest absolute Gasteiger partial charge is 0.137 e. The van der Waals surface area contributed by atoms with Gasteiger partial charge in [-0.05, 0) is 54.5 Å². The van der Waals surface area contributed by atoms with Crippen LogP contribution in [-0.2, 0) is 6.42 Å². The van der Waals surface area contributed by atoms with E-state index < -0.39 is 0 Å². The fourth-order valence-corrected chi connectivity index (χ4v) is 3.29. The fraction of sp³-hybridized carbons (Fsp3) is 0.357. The van der Waals surface area contributed by atoms with Gasteiger partial charge < -0.3 is 5.32 Å². The molecule has 0 saturated carbocycles. The van der Waals surface area contributed by atoms with Crippen LogP contribution in [0.3, 0.4) is 0 Å². The molecule has 1 atom stereocenters. The molecule has 0 saturated heterocycles. The van der Waals surface area contributed by atoms with Crippen molar-refractivity contribution in [3.05, 3.63) is 49.6 Å². The first-order valence-electron chi connectivity index (χ1n) is 6.06. The average molecular weight is 343 g/mol. The summed E-state index contributed by atoms with van der Waals surface area (Å²) in [6.07, 6.45) is 0.813. The van der Waals surface area contributed by atoms with Crippen LogP contribution in [0.15, 0.2) is 22.7 Å². The molecule has 1 aromatic heterocycles. The van der Waals surface area contributed by atoms with Gasteiger partial charge in [-0.15, -0.1) is 11.3 Å². The Morgan fingerprint density at radius 2 is 2.16 bits per heavy atom. The third kappa shape index (κ3) is 3.41. The second-order valence-electron chi connectivity index (χ2n) is 4.47. The van der Waals surface area contributed by atoms with Crippen LogP contribution >= 0.6 is 27.3 Å². The summed E-state index contributed by atoms with van der Waals surface area (Å²) in [6, 6.07) is 5.27. The molecule has 2 nitrogen and oxygen atoms in total. The Hall–Kier alpha value is -0.780. The number of nitrogens with zero attached hydrogens (tertiary/aromatic N) is 1. The van der Waals surface area contributed by atoms with Crippen LogP contribution in [0.1, 0.15) is 27.2 Å². The number of halogens is 2. The Morgan fingerprint density at radius 1 is 1.42 bits per heavy atom. The maximum absolute atomic E-state index is 13.3. The molecule has 0 aliphatic rings. The molecule has 19 heavy (non-hydrogen) atoms. The highest BCUT2D eigenvalue weighted by atomic mass is 79.9. The Morgan fingerprint density at radius 3 is 2.68 bits per heavy atom. The lowest BCUT2D eigenvalue weighted by atomic mass is 10.0. The largest absolute Gasteiger partial charge is 0.313 e. The average Bonchev–Trinajstić information content (AvgIpc) is 2.69. The molecule has 1 aromatic carbocycles. The van der Waals surface area contributed by atoms with E-state index in [1.807, 2.05) is 26.1 Å². The Labute approximate surface area is 125 Å². The topological polar surface area (TPSA) is 24.9 Å². The Kier molecular flexibility index (Phi) is 4.71. The second-order valence-corrected chi connectivity index (χ2v) is 6.61. The van der Waals surface area contributed by atoms with E-state index >= 15 is 0 Å². The van der Waals surface area contributed by atoms with Crippen molar-refractivity contribution in [1.29, 1.82) is 0 Å². The van der Waals surface area contributed by atoms with Crippen molar-refractivity contribution in [2.45, 2.75) is 26.3 Å². The minimum Gasteiger partial charge on any atom is -0.313 e. The molecule has 1 N–H and O–H groups in total. The molecule has 0 radical (unpaired) electrons. The van der Waals surface area contributed by atoms with Crippen LogP contribution in [0.5, 0.6) is 0 Å². The molecule has 2 aromatic rings. The van der Waals surface area contributed by atoms with Crippen molar-refractivity contribution in [3.8, 4) is 0 Å². The van der Waals surface area contributed by atoms with E-state index in [0.29, 0.717) is 4.47 Å². The van der Waals surface area contributed by atoms with Gasteiger partial charge in [0.15, 0.2) is 0 Å². The minimum atomic E-state index is -0.237. The Bertz CT molecular complexity index is 563. The van der Waals surface area contributed by atoms with Gasteiger partial charge >= 0.3 is 0 Å². The number of aryl methyl sites for hydroxylation is 2. The minimum absolute atomic E-state index is 0.141. The van der Waals surface area contributed by atoms with Crippen molar-refractivity contribution in [1.82, 2.24) is 10.3 Å². The zero-order valence-electron chi connectivity index (χ0n) is 11.1.